The van der Waals surface area contributed by atoms with Gasteiger partial charge in [-0.1, -0.05) is 6.92 Å². The minimum atomic E-state index is -0.00495. The first-order chi connectivity index (χ1) is 6.16. The Morgan fingerprint density at radius 2 is 2.00 bits per heavy atom. The van der Waals surface area contributed by atoms with E-state index in [0.29, 0.717) is 12.1 Å². The molecule has 1 amide bonds. The third kappa shape index (κ3) is 1.70. The van der Waals surface area contributed by atoms with E-state index >= 15 is 0 Å². The lowest BCUT2D eigenvalue weighted by molar-refractivity contribution is -0.126. The lowest BCUT2D eigenvalue weighted by Crippen LogP contribution is -2.64. The van der Waals surface area contributed by atoms with Gasteiger partial charge in [0.2, 0.25) is 5.91 Å². The minimum absolute atomic E-state index is 0.00495. The number of hydrogen-bond donors (Lipinski definition) is 2. The van der Waals surface area contributed by atoms with E-state index in [4.69, 9.17) is 0 Å². The first kappa shape index (κ1) is 9.00. The van der Waals surface area contributed by atoms with Gasteiger partial charge in [-0.2, -0.15) is 0 Å². The minimum Gasteiger partial charge on any atom is -0.350 e. The third-order valence-electron chi connectivity index (χ3n) is 3.30. The molecule has 1 aliphatic heterocycles. The normalized spacial score (nSPS) is 45.2. The van der Waals surface area contributed by atoms with Gasteiger partial charge < -0.3 is 10.6 Å². The average Bonchev–Trinajstić information content (AvgIpc) is 2.08. The van der Waals surface area contributed by atoms with Crippen LogP contribution < -0.4 is 10.6 Å². The first-order valence-corrected chi connectivity index (χ1v) is 5.23. The van der Waals surface area contributed by atoms with Gasteiger partial charge in [0, 0.05) is 12.1 Å². The molecule has 1 heterocycles. The predicted octanol–water partition coefficient (Wildman–Crippen LogP) is 0.652. The van der Waals surface area contributed by atoms with Crippen molar-refractivity contribution in [2.75, 3.05) is 0 Å². The fourth-order valence-corrected chi connectivity index (χ4v) is 2.44. The largest absolute Gasteiger partial charge is 0.350 e. The van der Waals surface area contributed by atoms with Gasteiger partial charge in [0.1, 0.15) is 0 Å². The molecule has 13 heavy (non-hydrogen) atoms. The van der Waals surface area contributed by atoms with Gasteiger partial charge in [-0.05, 0) is 32.1 Å². The van der Waals surface area contributed by atoms with Crippen molar-refractivity contribution >= 4 is 5.91 Å². The van der Waals surface area contributed by atoms with Crippen LogP contribution in [0.1, 0.15) is 33.1 Å². The van der Waals surface area contributed by atoms with Crippen LogP contribution in [0.25, 0.3) is 0 Å². The zero-order valence-corrected chi connectivity index (χ0v) is 8.34. The lowest BCUT2D eigenvalue weighted by atomic mass is 9.82. The van der Waals surface area contributed by atoms with Crippen molar-refractivity contribution in [1.82, 2.24) is 10.6 Å². The number of rotatable bonds is 0. The Kier molecular flexibility index (Phi) is 2.28. The van der Waals surface area contributed by atoms with E-state index in [9.17, 15) is 4.79 Å². The molecule has 0 aromatic rings. The van der Waals surface area contributed by atoms with Crippen LogP contribution in [-0.4, -0.2) is 24.0 Å². The molecule has 1 aliphatic carbocycles. The summed E-state index contributed by atoms with van der Waals surface area (Å²) in [7, 11) is 0. The summed E-state index contributed by atoms with van der Waals surface area (Å²) >= 11 is 0. The quantitative estimate of drug-likeness (QED) is 0.577. The van der Waals surface area contributed by atoms with Crippen LogP contribution in [0.4, 0.5) is 0 Å². The molecular formula is C10H18N2O. The van der Waals surface area contributed by atoms with Crippen molar-refractivity contribution in [2.45, 2.75) is 51.2 Å². The van der Waals surface area contributed by atoms with E-state index in [2.05, 4.69) is 17.6 Å². The number of carbonyl (C=O) groups excluding carboxylic acids is 1. The molecule has 0 aromatic carbocycles. The highest BCUT2D eigenvalue weighted by Crippen LogP contribution is 2.26. The Hall–Kier alpha value is -0.570. The number of hydrogen-bond acceptors (Lipinski definition) is 2. The highest BCUT2D eigenvalue weighted by molar-refractivity contribution is 5.82. The summed E-state index contributed by atoms with van der Waals surface area (Å²) in [5, 5.41) is 6.47. The van der Waals surface area contributed by atoms with Crippen LogP contribution in [0.3, 0.4) is 0 Å². The second-order valence-electron chi connectivity index (χ2n) is 4.53. The second-order valence-corrected chi connectivity index (χ2v) is 4.53. The molecule has 2 aliphatic rings. The summed E-state index contributed by atoms with van der Waals surface area (Å²) in [6.45, 7) is 4.20. The second kappa shape index (κ2) is 3.29. The van der Waals surface area contributed by atoms with Crippen LogP contribution in [0, 0.1) is 5.92 Å². The molecule has 0 aromatic heterocycles. The van der Waals surface area contributed by atoms with Gasteiger partial charge in [0.25, 0.3) is 0 Å². The topological polar surface area (TPSA) is 41.1 Å². The Morgan fingerprint density at radius 3 is 2.77 bits per heavy atom. The molecule has 1 saturated carbocycles. The number of fused-ring (bicyclic) bond motifs is 1. The molecule has 1 saturated heterocycles. The first-order valence-electron chi connectivity index (χ1n) is 5.23. The van der Waals surface area contributed by atoms with Gasteiger partial charge >= 0.3 is 0 Å². The van der Waals surface area contributed by atoms with Crippen LogP contribution in [0.5, 0.6) is 0 Å². The number of piperazine rings is 1. The van der Waals surface area contributed by atoms with E-state index in [-0.39, 0.29) is 11.9 Å². The summed E-state index contributed by atoms with van der Waals surface area (Å²) in [6.07, 6.45) is 3.63. The molecule has 0 bridgehead atoms. The standard InChI is InChI=1S/C10H18N2O/c1-6-3-4-8-9(5-6)12-10(13)7(2)11-8/h6-9,11H,3-5H2,1-2H3,(H,12,13). The fourth-order valence-electron chi connectivity index (χ4n) is 2.44. The van der Waals surface area contributed by atoms with Crippen LogP contribution in [-0.2, 0) is 4.79 Å². The predicted molar refractivity (Wildman–Crippen MR) is 51.3 cm³/mol. The highest BCUT2D eigenvalue weighted by atomic mass is 16.2. The van der Waals surface area contributed by atoms with Crippen molar-refractivity contribution < 1.29 is 4.79 Å². The summed E-state index contributed by atoms with van der Waals surface area (Å²) in [6, 6.07) is 0.894. The van der Waals surface area contributed by atoms with Crippen molar-refractivity contribution in [2.24, 2.45) is 5.92 Å². The molecule has 2 fully saturated rings. The molecule has 2 rings (SSSR count). The zero-order chi connectivity index (χ0) is 9.42. The van der Waals surface area contributed by atoms with Crippen molar-refractivity contribution in [3.05, 3.63) is 0 Å². The number of nitrogens with one attached hydrogen (secondary N) is 2. The van der Waals surface area contributed by atoms with E-state index in [0.717, 1.165) is 12.3 Å². The molecule has 4 unspecified atom stereocenters. The summed E-state index contributed by atoms with van der Waals surface area (Å²) in [5.41, 5.74) is 0. The van der Waals surface area contributed by atoms with E-state index in [1.807, 2.05) is 6.92 Å². The van der Waals surface area contributed by atoms with Gasteiger partial charge in [-0.15, -0.1) is 0 Å². The molecule has 74 valence electrons. The number of amides is 1. The molecule has 2 N–H and O–H groups in total. The number of carbonyl (C=O) groups is 1. The van der Waals surface area contributed by atoms with Gasteiger partial charge in [0.15, 0.2) is 0 Å². The van der Waals surface area contributed by atoms with E-state index in [1.54, 1.807) is 0 Å². The molecular weight excluding hydrogens is 164 g/mol. The third-order valence-corrected chi connectivity index (χ3v) is 3.30. The van der Waals surface area contributed by atoms with Crippen molar-refractivity contribution in [3.63, 3.8) is 0 Å². The molecule has 3 nitrogen and oxygen atoms in total. The van der Waals surface area contributed by atoms with Crippen LogP contribution >= 0.6 is 0 Å². The summed E-state index contributed by atoms with van der Waals surface area (Å²) in [5.74, 6) is 0.923. The van der Waals surface area contributed by atoms with Gasteiger partial charge in [-0.3, -0.25) is 4.79 Å². The maximum Gasteiger partial charge on any atom is 0.237 e. The monoisotopic (exact) mass is 182 g/mol. The molecule has 3 heteroatoms. The zero-order valence-electron chi connectivity index (χ0n) is 8.34. The van der Waals surface area contributed by atoms with E-state index in [1.165, 1.54) is 12.8 Å². The van der Waals surface area contributed by atoms with Crippen LogP contribution in [0.15, 0.2) is 0 Å². The maximum absolute atomic E-state index is 11.4. The Balaban J connectivity index is 2.02. The van der Waals surface area contributed by atoms with Gasteiger partial charge in [0.05, 0.1) is 6.04 Å². The maximum atomic E-state index is 11.4. The van der Waals surface area contributed by atoms with E-state index < -0.39 is 0 Å². The average molecular weight is 182 g/mol. The fraction of sp³-hybridized carbons (Fsp3) is 0.900. The van der Waals surface area contributed by atoms with Crippen molar-refractivity contribution in [3.8, 4) is 0 Å². The van der Waals surface area contributed by atoms with Crippen molar-refractivity contribution in [1.29, 1.82) is 0 Å². The molecule has 0 radical (unpaired) electrons. The van der Waals surface area contributed by atoms with Gasteiger partial charge in [-0.25, -0.2) is 0 Å². The Morgan fingerprint density at radius 1 is 1.23 bits per heavy atom. The van der Waals surface area contributed by atoms with Crippen LogP contribution in [0.2, 0.25) is 0 Å². The smallest absolute Gasteiger partial charge is 0.237 e. The Labute approximate surface area is 79.3 Å². The lowest BCUT2D eigenvalue weighted by Gasteiger charge is -2.41. The highest BCUT2D eigenvalue weighted by Gasteiger charge is 2.35. The Bertz CT molecular complexity index is 217. The SMILES string of the molecule is CC1CCC2NC(C)C(=O)NC2C1. The molecule has 0 spiro atoms. The summed E-state index contributed by atoms with van der Waals surface area (Å²) in [4.78, 5) is 11.4. The molecule has 4 atom stereocenters. The summed E-state index contributed by atoms with van der Waals surface area (Å²) < 4.78 is 0.